The Hall–Kier alpha value is -2.94. The van der Waals surface area contributed by atoms with Gasteiger partial charge in [0.2, 0.25) is 0 Å². The first-order chi connectivity index (χ1) is 11.4. The second kappa shape index (κ2) is 3.87. The highest BCUT2D eigenvalue weighted by Crippen LogP contribution is 2.49. The highest BCUT2D eigenvalue weighted by atomic mass is 15.3. The maximum Gasteiger partial charge on any atom is 0.127 e. The van der Waals surface area contributed by atoms with Crippen LogP contribution in [0.5, 0.6) is 0 Å². The number of rotatable bonds is 0. The Morgan fingerprint density at radius 2 is 1.74 bits per heavy atom. The molecule has 3 aromatic carbocycles. The summed E-state index contributed by atoms with van der Waals surface area (Å²) in [5, 5.41) is 6.40. The highest BCUT2D eigenvalue weighted by Gasteiger charge is 2.38. The van der Waals surface area contributed by atoms with Crippen LogP contribution in [-0.4, -0.2) is 4.98 Å². The summed E-state index contributed by atoms with van der Waals surface area (Å²) in [6, 6.07) is 21.7. The molecule has 110 valence electrons. The van der Waals surface area contributed by atoms with E-state index in [0.29, 0.717) is 0 Å². The lowest BCUT2D eigenvalue weighted by Crippen LogP contribution is -2.19. The first kappa shape index (κ1) is 11.6. The third-order valence-electron chi connectivity index (χ3n) is 5.23. The minimum atomic E-state index is 0.241. The van der Waals surface area contributed by atoms with Crippen molar-refractivity contribution >= 4 is 33.2 Å². The summed E-state index contributed by atoms with van der Waals surface area (Å²) in [6.45, 7) is 0.972. The van der Waals surface area contributed by atoms with Crippen molar-refractivity contribution in [3.8, 4) is 0 Å². The summed E-state index contributed by atoms with van der Waals surface area (Å²) in [7, 11) is 0. The van der Waals surface area contributed by atoms with Crippen LogP contribution < -0.4 is 10.2 Å². The van der Waals surface area contributed by atoms with E-state index in [-0.39, 0.29) is 6.17 Å². The molecule has 3 heteroatoms. The lowest BCUT2D eigenvalue weighted by molar-refractivity contribution is 0.787. The van der Waals surface area contributed by atoms with E-state index < -0.39 is 0 Å². The number of nitrogens with one attached hydrogen (secondary N) is 2. The number of nitrogens with zero attached hydrogens (tertiary/aromatic N) is 1. The third kappa shape index (κ3) is 1.35. The maximum absolute atomic E-state index is 3.71. The van der Waals surface area contributed by atoms with Crippen LogP contribution in [-0.2, 0) is 6.54 Å². The van der Waals surface area contributed by atoms with Gasteiger partial charge in [-0.3, -0.25) is 0 Å². The van der Waals surface area contributed by atoms with Crippen molar-refractivity contribution in [3.63, 3.8) is 0 Å². The zero-order valence-corrected chi connectivity index (χ0v) is 12.5. The zero-order valence-electron chi connectivity index (χ0n) is 12.5. The number of H-pyrrole nitrogens is 1. The van der Waals surface area contributed by atoms with Crippen LogP contribution in [0.4, 0.5) is 11.4 Å². The molecule has 23 heavy (non-hydrogen) atoms. The van der Waals surface area contributed by atoms with E-state index in [4.69, 9.17) is 0 Å². The fraction of sp³-hybridized carbons (Fsp3) is 0.100. The second-order valence-corrected chi connectivity index (χ2v) is 6.42. The van der Waals surface area contributed by atoms with Crippen molar-refractivity contribution in [1.29, 1.82) is 0 Å². The van der Waals surface area contributed by atoms with Crippen molar-refractivity contribution in [1.82, 2.24) is 4.98 Å². The van der Waals surface area contributed by atoms with E-state index in [2.05, 4.69) is 75.9 Å². The lowest BCUT2D eigenvalue weighted by Gasteiger charge is -2.18. The Bertz CT molecular complexity index is 1090. The van der Waals surface area contributed by atoms with Gasteiger partial charge in [-0.05, 0) is 29.8 Å². The number of aromatic nitrogens is 1. The van der Waals surface area contributed by atoms with Gasteiger partial charge in [-0.25, -0.2) is 0 Å². The van der Waals surface area contributed by atoms with Crippen molar-refractivity contribution in [2.75, 3.05) is 10.2 Å². The predicted molar refractivity (Wildman–Crippen MR) is 94.8 cm³/mol. The number of aromatic amines is 1. The van der Waals surface area contributed by atoms with E-state index in [1.165, 1.54) is 44.3 Å². The average molecular weight is 297 g/mol. The molecule has 2 aliphatic heterocycles. The first-order valence-corrected chi connectivity index (χ1v) is 8.04. The number of hydrogen-bond acceptors (Lipinski definition) is 2. The van der Waals surface area contributed by atoms with Crippen LogP contribution in [0.1, 0.15) is 17.3 Å². The van der Waals surface area contributed by atoms with Crippen molar-refractivity contribution < 1.29 is 0 Å². The molecule has 2 N–H and O–H groups in total. The minimum Gasteiger partial charge on any atom is -0.360 e. The molecule has 0 saturated heterocycles. The normalized spacial score (nSPS) is 18.1. The SMILES string of the molecule is c1ccc2c(c1)NC1c3c(ccc4[nH]c5ccccc5c34)CN21. The average Bonchev–Trinajstić information content (AvgIpc) is 3.23. The van der Waals surface area contributed by atoms with Gasteiger partial charge >= 0.3 is 0 Å². The predicted octanol–water partition coefficient (Wildman–Crippen LogP) is 4.77. The molecular weight excluding hydrogens is 282 g/mol. The molecule has 4 aromatic rings. The van der Waals surface area contributed by atoms with Crippen molar-refractivity contribution in [2.24, 2.45) is 0 Å². The summed E-state index contributed by atoms with van der Waals surface area (Å²) in [4.78, 5) is 6.04. The van der Waals surface area contributed by atoms with Gasteiger partial charge in [-0.2, -0.15) is 0 Å². The first-order valence-electron chi connectivity index (χ1n) is 8.04. The van der Waals surface area contributed by atoms with Gasteiger partial charge in [0, 0.05) is 33.9 Å². The molecule has 1 unspecified atom stereocenters. The number of anilines is 2. The van der Waals surface area contributed by atoms with E-state index >= 15 is 0 Å². The van der Waals surface area contributed by atoms with Gasteiger partial charge in [-0.1, -0.05) is 36.4 Å². The van der Waals surface area contributed by atoms with Crippen LogP contribution in [0.2, 0.25) is 0 Å². The summed E-state index contributed by atoms with van der Waals surface area (Å²) in [6.07, 6.45) is 0.241. The number of fused-ring (bicyclic) bond motifs is 9. The molecule has 3 heterocycles. The Morgan fingerprint density at radius 1 is 0.870 bits per heavy atom. The quantitative estimate of drug-likeness (QED) is 0.490. The fourth-order valence-electron chi connectivity index (χ4n) is 4.26. The molecule has 0 amide bonds. The molecule has 0 saturated carbocycles. The highest BCUT2D eigenvalue weighted by molar-refractivity contribution is 6.10. The zero-order chi connectivity index (χ0) is 15.0. The van der Waals surface area contributed by atoms with E-state index in [9.17, 15) is 0 Å². The fourth-order valence-corrected chi connectivity index (χ4v) is 4.26. The van der Waals surface area contributed by atoms with Crippen LogP contribution >= 0.6 is 0 Å². The third-order valence-corrected chi connectivity index (χ3v) is 5.23. The Morgan fingerprint density at radius 3 is 2.74 bits per heavy atom. The van der Waals surface area contributed by atoms with Crippen LogP contribution in [0.15, 0.2) is 60.7 Å². The van der Waals surface area contributed by atoms with Crippen LogP contribution in [0.3, 0.4) is 0 Å². The summed E-state index contributed by atoms with van der Waals surface area (Å²) < 4.78 is 0. The maximum atomic E-state index is 3.71. The van der Waals surface area contributed by atoms with Gasteiger partial charge in [0.15, 0.2) is 0 Å². The van der Waals surface area contributed by atoms with Gasteiger partial charge in [0.1, 0.15) is 6.17 Å². The summed E-state index contributed by atoms with van der Waals surface area (Å²) in [5.74, 6) is 0. The van der Waals surface area contributed by atoms with E-state index in [1.807, 2.05) is 0 Å². The Balaban J connectivity index is 1.67. The molecular formula is C20H15N3. The summed E-state index contributed by atoms with van der Waals surface area (Å²) >= 11 is 0. The molecule has 0 radical (unpaired) electrons. The molecule has 0 bridgehead atoms. The Labute approximate surface area is 133 Å². The molecule has 0 fully saturated rings. The minimum absolute atomic E-state index is 0.241. The largest absolute Gasteiger partial charge is 0.360 e. The molecule has 2 aliphatic rings. The molecule has 1 atom stereocenters. The van der Waals surface area contributed by atoms with Gasteiger partial charge in [-0.15, -0.1) is 0 Å². The standard InChI is InChI=1S/C20H15N3/c1-2-6-14-13(5-1)19-16(21-14)10-9-12-11-23-17-8-4-3-7-15(17)22-20(23)18(12)19/h1-10,20-22H,11H2. The van der Waals surface area contributed by atoms with Crippen LogP contribution in [0.25, 0.3) is 21.8 Å². The molecule has 0 spiro atoms. The number of para-hydroxylation sites is 3. The molecule has 1 aromatic heterocycles. The van der Waals surface area contributed by atoms with Gasteiger partial charge in [0.05, 0.1) is 11.4 Å². The number of hydrogen-bond donors (Lipinski definition) is 2. The summed E-state index contributed by atoms with van der Waals surface area (Å²) in [5.41, 5.74) is 7.83. The van der Waals surface area contributed by atoms with Gasteiger partial charge in [0.25, 0.3) is 0 Å². The van der Waals surface area contributed by atoms with E-state index in [0.717, 1.165) is 6.54 Å². The van der Waals surface area contributed by atoms with Crippen molar-refractivity contribution in [3.05, 3.63) is 71.8 Å². The number of benzene rings is 3. The van der Waals surface area contributed by atoms with Crippen LogP contribution in [0, 0.1) is 0 Å². The lowest BCUT2D eigenvalue weighted by atomic mass is 10.0. The molecule has 0 aliphatic carbocycles. The molecule has 6 rings (SSSR count). The van der Waals surface area contributed by atoms with Gasteiger partial charge < -0.3 is 15.2 Å². The topological polar surface area (TPSA) is 31.1 Å². The van der Waals surface area contributed by atoms with Crippen molar-refractivity contribution in [2.45, 2.75) is 12.7 Å². The monoisotopic (exact) mass is 297 g/mol. The van der Waals surface area contributed by atoms with E-state index in [1.54, 1.807) is 0 Å². The smallest absolute Gasteiger partial charge is 0.127 e. The molecule has 3 nitrogen and oxygen atoms in total. The second-order valence-electron chi connectivity index (χ2n) is 6.42. The Kier molecular flexibility index (Phi) is 1.95.